The van der Waals surface area contributed by atoms with Crippen molar-refractivity contribution in [2.24, 2.45) is 11.7 Å². The van der Waals surface area contributed by atoms with Gasteiger partial charge in [-0.15, -0.1) is 0 Å². The summed E-state index contributed by atoms with van der Waals surface area (Å²) in [6, 6.07) is 0. The number of pyridine rings is 1. The van der Waals surface area contributed by atoms with E-state index in [0.29, 0.717) is 4.99 Å². The summed E-state index contributed by atoms with van der Waals surface area (Å²) in [6.45, 7) is 7.66. The molecule has 0 fully saturated rings. The highest BCUT2D eigenvalue weighted by molar-refractivity contribution is 7.80. The van der Waals surface area contributed by atoms with Gasteiger partial charge in [0.15, 0.2) is 0 Å². The molecule has 1 atom stereocenters. The van der Waals surface area contributed by atoms with Crippen molar-refractivity contribution in [3.63, 3.8) is 0 Å². The van der Waals surface area contributed by atoms with E-state index in [9.17, 15) is 0 Å². The van der Waals surface area contributed by atoms with Crippen LogP contribution in [-0.4, -0.2) is 35.6 Å². The number of nitrogens with zero attached hydrogens (tertiary/aromatic N) is 2. The zero-order chi connectivity index (χ0) is 14.6. The van der Waals surface area contributed by atoms with Crippen molar-refractivity contribution < 1.29 is 4.74 Å². The van der Waals surface area contributed by atoms with Crippen molar-refractivity contribution in [3.05, 3.63) is 23.0 Å². The lowest BCUT2D eigenvalue weighted by molar-refractivity contribution is 0.302. The van der Waals surface area contributed by atoms with E-state index in [1.807, 2.05) is 34.0 Å². The van der Waals surface area contributed by atoms with Gasteiger partial charge in [0.1, 0.15) is 5.75 Å². The number of rotatable bonds is 6. The molecule has 1 aromatic heterocycles. The second-order valence-electron chi connectivity index (χ2n) is 5.05. The van der Waals surface area contributed by atoms with E-state index in [0.717, 1.165) is 35.7 Å². The van der Waals surface area contributed by atoms with Crippen molar-refractivity contribution in [1.82, 2.24) is 9.88 Å². The Morgan fingerprint density at radius 2 is 2.16 bits per heavy atom. The summed E-state index contributed by atoms with van der Waals surface area (Å²) in [5.41, 5.74) is 8.82. The molecule has 2 N–H and O–H groups in total. The minimum Gasteiger partial charge on any atom is -0.496 e. The van der Waals surface area contributed by atoms with Crippen LogP contribution in [0.4, 0.5) is 0 Å². The molecule has 1 aromatic rings. The second kappa shape index (κ2) is 6.82. The molecule has 1 heterocycles. The summed E-state index contributed by atoms with van der Waals surface area (Å²) in [5, 5.41) is 0. The van der Waals surface area contributed by atoms with Gasteiger partial charge in [-0.2, -0.15) is 0 Å². The van der Waals surface area contributed by atoms with Crippen LogP contribution in [0.5, 0.6) is 5.75 Å². The second-order valence-corrected chi connectivity index (χ2v) is 5.52. The topological polar surface area (TPSA) is 51.4 Å². The molecule has 0 bridgehead atoms. The number of aromatic nitrogens is 1. The van der Waals surface area contributed by atoms with Crippen molar-refractivity contribution >= 4 is 17.2 Å². The molecule has 106 valence electrons. The van der Waals surface area contributed by atoms with Crippen LogP contribution >= 0.6 is 12.2 Å². The maximum atomic E-state index is 5.64. The first-order valence-electron chi connectivity index (χ1n) is 6.33. The van der Waals surface area contributed by atoms with Gasteiger partial charge in [0.05, 0.1) is 17.8 Å². The van der Waals surface area contributed by atoms with E-state index in [2.05, 4.69) is 9.88 Å². The van der Waals surface area contributed by atoms with E-state index in [1.165, 1.54) is 0 Å². The predicted octanol–water partition coefficient (Wildman–Crippen LogP) is 2.06. The van der Waals surface area contributed by atoms with Crippen molar-refractivity contribution in [2.75, 3.05) is 20.7 Å². The van der Waals surface area contributed by atoms with Crippen LogP contribution in [-0.2, 0) is 6.54 Å². The maximum absolute atomic E-state index is 5.64. The Hall–Kier alpha value is -1.20. The third-order valence-electron chi connectivity index (χ3n) is 3.24. The lowest BCUT2D eigenvalue weighted by Crippen LogP contribution is -2.31. The molecule has 1 unspecified atom stereocenters. The van der Waals surface area contributed by atoms with E-state index in [4.69, 9.17) is 22.7 Å². The first-order chi connectivity index (χ1) is 8.86. The first-order valence-corrected chi connectivity index (χ1v) is 6.74. The van der Waals surface area contributed by atoms with Crippen molar-refractivity contribution in [1.29, 1.82) is 0 Å². The highest BCUT2D eigenvalue weighted by atomic mass is 32.1. The lowest BCUT2D eigenvalue weighted by atomic mass is 10.1. The quantitative estimate of drug-likeness (QED) is 0.809. The normalized spacial score (nSPS) is 12.5. The Labute approximate surface area is 121 Å². The highest BCUT2D eigenvalue weighted by Crippen LogP contribution is 2.24. The van der Waals surface area contributed by atoms with Crippen molar-refractivity contribution in [3.8, 4) is 5.75 Å². The number of aryl methyl sites for hydroxylation is 1. The largest absolute Gasteiger partial charge is 0.496 e. The fourth-order valence-corrected chi connectivity index (χ4v) is 2.18. The molecule has 0 radical (unpaired) electrons. The molecule has 0 aliphatic rings. The summed E-state index contributed by atoms with van der Waals surface area (Å²) >= 11 is 5.00. The zero-order valence-electron chi connectivity index (χ0n) is 12.4. The average molecular weight is 281 g/mol. The van der Waals surface area contributed by atoms with Gasteiger partial charge in [0.2, 0.25) is 0 Å². The Bertz CT molecular complexity index is 462. The van der Waals surface area contributed by atoms with E-state index in [1.54, 1.807) is 7.11 Å². The van der Waals surface area contributed by atoms with Gasteiger partial charge in [-0.1, -0.05) is 19.1 Å². The van der Waals surface area contributed by atoms with Crippen LogP contribution in [0.3, 0.4) is 0 Å². The SMILES string of the molecule is COc1c(C)cnc(CN(C)CC(C)C(N)=S)c1C. The van der Waals surface area contributed by atoms with Gasteiger partial charge in [-0.25, -0.2) is 0 Å². The first kappa shape index (κ1) is 15.9. The van der Waals surface area contributed by atoms with Gasteiger partial charge in [-0.3, -0.25) is 9.88 Å². The number of thiocarbonyl (C=S) groups is 1. The molecule has 0 aliphatic heterocycles. The molecule has 4 nitrogen and oxygen atoms in total. The molecule has 0 amide bonds. The zero-order valence-corrected chi connectivity index (χ0v) is 13.2. The van der Waals surface area contributed by atoms with E-state index < -0.39 is 0 Å². The molecule has 19 heavy (non-hydrogen) atoms. The molecule has 0 aliphatic carbocycles. The van der Waals surface area contributed by atoms with E-state index in [-0.39, 0.29) is 5.92 Å². The minimum absolute atomic E-state index is 0.202. The Morgan fingerprint density at radius 1 is 1.53 bits per heavy atom. The maximum Gasteiger partial charge on any atom is 0.128 e. The van der Waals surface area contributed by atoms with Crippen LogP contribution in [0.25, 0.3) is 0 Å². The van der Waals surface area contributed by atoms with Gasteiger partial charge in [0.25, 0.3) is 0 Å². The summed E-state index contributed by atoms with van der Waals surface area (Å²) < 4.78 is 5.42. The molecular weight excluding hydrogens is 258 g/mol. The molecule has 5 heteroatoms. The Kier molecular flexibility index (Phi) is 5.69. The fraction of sp³-hybridized carbons (Fsp3) is 0.571. The van der Waals surface area contributed by atoms with Crippen LogP contribution in [0.2, 0.25) is 0 Å². The standard InChI is InChI=1S/C14H23N3OS/c1-9-6-16-12(11(3)13(9)18-5)8-17(4)7-10(2)14(15)19/h6,10H,7-8H2,1-5H3,(H2,15,19). The van der Waals surface area contributed by atoms with Gasteiger partial charge in [-0.05, 0) is 20.9 Å². The lowest BCUT2D eigenvalue weighted by Gasteiger charge is -2.21. The number of hydrogen-bond acceptors (Lipinski definition) is 4. The van der Waals surface area contributed by atoms with Crippen LogP contribution < -0.4 is 10.5 Å². The predicted molar refractivity (Wildman–Crippen MR) is 82.5 cm³/mol. The average Bonchev–Trinajstić information content (AvgIpc) is 2.33. The third kappa shape index (κ3) is 4.14. The summed E-state index contributed by atoms with van der Waals surface area (Å²) in [4.78, 5) is 7.22. The van der Waals surface area contributed by atoms with Gasteiger partial charge >= 0.3 is 0 Å². The van der Waals surface area contributed by atoms with Gasteiger partial charge < -0.3 is 10.5 Å². The summed E-state index contributed by atoms with van der Waals surface area (Å²) in [7, 11) is 3.74. The number of methoxy groups -OCH3 is 1. The minimum atomic E-state index is 0.202. The molecule has 0 saturated heterocycles. The molecule has 0 spiro atoms. The summed E-state index contributed by atoms with van der Waals surface area (Å²) in [5.74, 6) is 1.12. The van der Waals surface area contributed by atoms with Crippen LogP contribution in [0.1, 0.15) is 23.7 Å². The van der Waals surface area contributed by atoms with Crippen molar-refractivity contribution in [2.45, 2.75) is 27.3 Å². The highest BCUT2D eigenvalue weighted by Gasteiger charge is 2.13. The number of hydrogen-bond donors (Lipinski definition) is 1. The number of ether oxygens (including phenoxy) is 1. The van der Waals surface area contributed by atoms with Gasteiger partial charge in [0, 0.05) is 36.3 Å². The Balaban J connectivity index is 2.80. The van der Waals surface area contributed by atoms with E-state index >= 15 is 0 Å². The molecule has 0 saturated carbocycles. The number of nitrogens with two attached hydrogens (primary N) is 1. The fourth-order valence-electron chi connectivity index (χ4n) is 2.11. The monoisotopic (exact) mass is 281 g/mol. The summed E-state index contributed by atoms with van der Waals surface area (Å²) in [6.07, 6.45) is 1.85. The smallest absolute Gasteiger partial charge is 0.128 e. The molecular formula is C14H23N3OS. The molecule has 0 aromatic carbocycles. The molecule has 1 rings (SSSR count). The third-order valence-corrected chi connectivity index (χ3v) is 3.64. The van der Waals surface area contributed by atoms with Crippen LogP contribution in [0, 0.1) is 19.8 Å². The Morgan fingerprint density at radius 3 is 2.68 bits per heavy atom. The van der Waals surface area contributed by atoms with Crippen LogP contribution in [0.15, 0.2) is 6.20 Å².